The number of aryl methyl sites for hydroxylation is 2. The van der Waals surface area contributed by atoms with E-state index in [9.17, 15) is 9.90 Å². The lowest BCUT2D eigenvalue weighted by atomic mass is 9.64. The van der Waals surface area contributed by atoms with E-state index in [-0.39, 0.29) is 36.1 Å². The predicted octanol–water partition coefficient (Wildman–Crippen LogP) is 5.67. The minimum atomic E-state index is -1.01. The van der Waals surface area contributed by atoms with Crippen molar-refractivity contribution in [3.05, 3.63) is 99.6 Å². The Morgan fingerprint density at radius 3 is 2.20 bits per heavy atom. The molecule has 2 saturated heterocycles. The summed E-state index contributed by atoms with van der Waals surface area (Å²) in [5, 5.41) is 14.8. The fraction of sp³-hybridized carbons (Fsp3) is 0.394. The molecule has 210 valence electrons. The highest BCUT2D eigenvalue weighted by Crippen LogP contribution is 2.51. The largest absolute Gasteiger partial charge is 0.507 e. The average Bonchev–Trinajstić information content (AvgIpc) is 2.93. The Bertz CT molecular complexity index is 1360. The van der Waals surface area contributed by atoms with Crippen molar-refractivity contribution in [2.24, 2.45) is 0 Å². The van der Waals surface area contributed by atoms with Crippen LogP contribution in [0.15, 0.2) is 66.7 Å². The molecule has 40 heavy (non-hydrogen) atoms. The minimum absolute atomic E-state index is 0.00438. The fourth-order valence-corrected chi connectivity index (χ4v) is 6.86. The second kappa shape index (κ2) is 11.3. The number of halogens is 1. The standard InChI is InChI=1S/C33H38ClN3O3/c1-21-16-26(17-22(2)30(21)39)31-33(27-8-6-5-7-9-27,32(40)36-18-23(3)35-24(4)19-36)15-14-29(38)37(31)20-25-10-12-28(34)13-11-25/h5-13,16-17,23-24,31,35,39H,14-15,18-20H2,1-4H3. The summed E-state index contributed by atoms with van der Waals surface area (Å²) in [6.45, 7) is 9.48. The molecule has 3 aromatic carbocycles. The second-order valence-electron chi connectivity index (χ2n) is 11.6. The Kier molecular flexibility index (Phi) is 7.94. The Balaban J connectivity index is 1.74. The van der Waals surface area contributed by atoms with Crippen molar-refractivity contribution in [3.63, 3.8) is 0 Å². The summed E-state index contributed by atoms with van der Waals surface area (Å²) in [7, 11) is 0. The van der Waals surface area contributed by atoms with E-state index in [1.807, 2.05) is 90.4 Å². The first-order valence-corrected chi connectivity index (χ1v) is 14.4. The maximum Gasteiger partial charge on any atom is 0.235 e. The van der Waals surface area contributed by atoms with E-state index < -0.39 is 11.5 Å². The molecule has 0 spiro atoms. The van der Waals surface area contributed by atoms with Crippen LogP contribution in [0.1, 0.15) is 60.5 Å². The molecule has 4 atom stereocenters. The molecule has 3 aromatic rings. The van der Waals surface area contributed by atoms with Gasteiger partial charge >= 0.3 is 0 Å². The number of aromatic hydroxyl groups is 1. The molecule has 5 rings (SSSR count). The molecular weight excluding hydrogens is 522 g/mol. The van der Waals surface area contributed by atoms with Gasteiger partial charge in [0, 0.05) is 43.2 Å². The molecule has 2 amide bonds. The van der Waals surface area contributed by atoms with Crippen LogP contribution >= 0.6 is 11.6 Å². The summed E-state index contributed by atoms with van der Waals surface area (Å²) in [5.74, 6) is 0.280. The number of nitrogens with zero attached hydrogens (tertiary/aromatic N) is 2. The van der Waals surface area contributed by atoms with E-state index in [1.54, 1.807) is 0 Å². The number of phenols is 1. The maximum atomic E-state index is 15.0. The number of hydrogen-bond donors (Lipinski definition) is 2. The second-order valence-corrected chi connectivity index (χ2v) is 12.0. The molecule has 0 radical (unpaired) electrons. The SMILES string of the molecule is Cc1cc(C2N(Cc3ccc(Cl)cc3)C(=O)CCC2(C(=O)N2CC(C)NC(C)C2)c2ccccc2)cc(C)c1O. The smallest absolute Gasteiger partial charge is 0.235 e. The molecule has 6 nitrogen and oxygen atoms in total. The van der Waals surface area contributed by atoms with E-state index in [0.717, 1.165) is 27.8 Å². The molecule has 2 aliphatic heterocycles. The first-order chi connectivity index (χ1) is 19.1. The Hall–Kier alpha value is -3.35. The zero-order chi connectivity index (χ0) is 28.6. The molecule has 0 aliphatic carbocycles. The fourth-order valence-electron chi connectivity index (χ4n) is 6.73. The Morgan fingerprint density at radius 2 is 1.60 bits per heavy atom. The van der Waals surface area contributed by atoms with Crippen LogP contribution in [0.4, 0.5) is 0 Å². The molecule has 7 heteroatoms. The summed E-state index contributed by atoms with van der Waals surface area (Å²) in [5.41, 5.74) is 3.13. The van der Waals surface area contributed by atoms with Gasteiger partial charge in [-0.2, -0.15) is 0 Å². The third-order valence-corrected chi connectivity index (χ3v) is 8.69. The van der Waals surface area contributed by atoms with E-state index in [4.69, 9.17) is 11.6 Å². The number of likely N-dealkylation sites (tertiary alicyclic amines) is 1. The summed E-state index contributed by atoms with van der Waals surface area (Å²) >= 11 is 6.17. The normalized spacial score (nSPS) is 25.2. The number of carbonyl (C=O) groups excluding carboxylic acids is 2. The molecular formula is C33H38ClN3O3. The van der Waals surface area contributed by atoms with Crippen molar-refractivity contribution < 1.29 is 14.7 Å². The van der Waals surface area contributed by atoms with Crippen LogP contribution in [-0.4, -0.2) is 51.9 Å². The van der Waals surface area contributed by atoms with E-state index in [1.165, 1.54) is 0 Å². The summed E-state index contributed by atoms with van der Waals surface area (Å²) in [6.07, 6.45) is 0.667. The highest BCUT2D eigenvalue weighted by molar-refractivity contribution is 6.30. The lowest BCUT2D eigenvalue weighted by molar-refractivity contribution is -0.153. The van der Waals surface area contributed by atoms with Gasteiger partial charge in [-0.25, -0.2) is 0 Å². The third kappa shape index (κ3) is 5.23. The average molecular weight is 560 g/mol. The maximum absolute atomic E-state index is 15.0. The minimum Gasteiger partial charge on any atom is -0.507 e. The van der Waals surface area contributed by atoms with E-state index in [2.05, 4.69) is 19.2 Å². The lowest BCUT2D eigenvalue weighted by Gasteiger charge is -2.52. The van der Waals surface area contributed by atoms with Crippen molar-refractivity contribution in [3.8, 4) is 5.75 Å². The van der Waals surface area contributed by atoms with Gasteiger partial charge < -0.3 is 20.2 Å². The molecule has 2 N–H and O–H groups in total. The van der Waals surface area contributed by atoms with Gasteiger partial charge in [0.15, 0.2) is 0 Å². The number of piperidine rings is 1. The van der Waals surface area contributed by atoms with Crippen LogP contribution in [0.5, 0.6) is 5.75 Å². The highest BCUT2D eigenvalue weighted by Gasteiger charge is 2.56. The van der Waals surface area contributed by atoms with Crippen LogP contribution in [0.25, 0.3) is 0 Å². The van der Waals surface area contributed by atoms with Gasteiger partial charge in [-0.05, 0) is 74.1 Å². The molecule has 0 bridgehead atoms. The van der Waals surface area contributed by atoms with Crippen molar-refractivity contribution >= 4 is 23.4 Å². The quantitative estimate of drug-likeness (QED) is 0.422. The zero-order valence-corrected chi connectivity index (χ0v) is 24.4. The van der Waals surface area contributed by atoms with Crippen molar-refractivity contribution in [2.75, 3.05) is 13.1 Å². The number of carbonyl (C=O) groups is 2. The number of nitrogens with one attached hydrogen (secondary N) is 1. The Morgan fingerprint density at radius 1 is 1.00 bits per heavy atom. The topological polar surface area (TPSA) is 72.9 Å². The highest BCUT2D eigenvalue weighted by atomic mass is 35.5. The van der Waals surface area contributed by atoms with E-state index in [0.29, 0.717) is 31.1 Å². The number of rotatable bonds is 5. The molecule has 2 aliphatic rings. The zero-order valence-electron chi connectivity index (χ0n) is 23.7. The van der Waals surface area contributed by atoms with Crippen molar-refractivity contribution in [1.29, 1.82) is 0 Å². The molecule has 0 saturated carbocycles. The Labute approximate surface area is 241 Å². The van der Waals surface area contributed by atoms with Gasteiger partial charge in [-0.1, -0.05) is 66.2 Å². The number of piperazine rings is 1. The summed E-state index contributed by atoms with van der Waals surface area (Å²) in [4.78, 5) is 32.7. The molecule has 4 unspecified atom stereocenters. The van der Waals surface area contributed by atoms with Crippen molar-refractivity contribution in [1.82, 2.24) is 15.1 Å². The molecule has 2 heterocycles. The van der Waals surface area contributed by atoms with Crippen LogP contribution in [0, 0.1) is 13.8 Å². The van der Waals surface area contributed by atoms with Crippen molar-refractivity contribution in [2.45, 2.75) is 70.6 Å². The van der Waals surface area contributed by atoms with Crippen LogP contribution in [0.2, 0.25) is 5.02 Å². The molecule has 0 aromatic heterocycles. The van der Waals surface area contributed by atoms with Gasteiger partial charge in [0.05, 0.1) is 11.5 Å². The van der Waals surface area contributed by atoms with Crippen LogP contribution in [-0.2, 0) is 21.5 Å². The summed E-state index contributed by atoms with van der Waals surface area (Å²) < 4.78 is 0. The molecule has 2 fully saturated rings. The predicted molar refractivity (Wildman–Crippen MR) is 158 cm³/mol. The van der Waals surface area contributed by atoms with E-state index >= 15 is 4.79 Å². The van der Waals surface area contributed by atoms with Crippen LogP contribution in [0.3, 0.4) is 0 Å². The van der Waals surface area contributed by atoms with Gasteiger partial charge in [-0.3, -0.25) is 9.59 Å². The first kappa shape index (κ1) is 28.2. The number of phenolic OH excluding ortho intramolecular Hbond substituents is 1. The van der Waals surface area contributed by atoms with Gasteiger partial charge in [-0.15, -0.1) is 0 Å². The summed E-state index contributed by atoms with van der Waals surface area (Å²) in [6, 6.07) is 21.1. The lowest BCUT2D eigenvalue weighted by Crippen LogP contribution is -2.63. The van der Waals surface area contributed by atoms with Crippen LogP contribution < -0.4 is 5.32 Å². The first-order valence-electron chi connectivity index (χ1n) is 14.0. The van der Waals surface area contributed by atoms with Gasteiger partial charge in [0.25, 0.3) is 0 Å². The monoisotopic (exact) mass is 559 g/mol. The number of amides is 2. The van der Waals surface area contributed by atoms with Gasteiger partial charge in [0.2, 0.25) is 11.8 Å². The van der Waals surface area contributed by atoms with Gasteiger partial charge in [0.1, 0.15) is 5.75 Å². The third-order valence-electron chi connectivity index (χ3n) is 8.44. The number of hydrogen-bond acceptors (Lipinski definition) is 4. The number of benzene rings is 3.